The number of hydrogen-bond donors (Lipinski definition) is 5. The number of aliphatic hydroxyl groups is 2. The Labute approximate surface area is 247 Å². The highest BCUT2D eigenvalue weighted by atomic mass is 32.2. The van der Waals surface area contributed by atoms with Crippen LogP contribution in [0.25, 0.3) is 0 Å². The first-order valence-electron chi connectivity index (χ1n) is 13.9. The van der Waals surface area contributed by atoms with E-state index < -0.39 is 9.84 Å². The van der Waals surface area contributed by atoms with Gasteiger partial charge >= 0.3 is 0 Å². The quantitative estimate of drug-likeness (QED) is 0.106. The molecule has 228 valence electrons. The minimum atomic E-state index is -3.51. The summed E-state index contributed by atoms with van der Waals surface area (Å²) in [7, 11) is -3.51. The van der Waals surface area contributed by atoms with Crippen LogP contribution in [0.5, 0.6) is 0 Å². The van der Waals surface area contributed by atoms with Crippen molar-refractivity contribution in [3.05, 3.63) is 60.2 Å². The molecule has 0 saturated heterocycles. The highest BCUT2D eigenvalue weighted by Crippen LogP contribution is 2.37. The summed E-state index contributed by atoms with van der Waals surface area (Å²) >= 11 is 0. The van der Waals surface area contributed by atoms with Gasteiger partial charge in [0.15, 0.2) is 21.5 Å². The van der Waals surface area contributed by atoms with Crippen LogP contribution < -0.4 is 16.4 Å². The minimum Gasteiger partial charge on any atom is -0.395 e. The number of rotatable bonds is 18. The van der Waals surface area contributed by atoms with Gasteiger partial charge in [0.25, 0.3) is 0 Å². The standard InChI is InChI=1S/C29H41N7O5S/c1-3-14-36(15-17-37)16-21-42(39,40)25-11-9-24(10-12-25)34-35-27-22(2)26(30)28(32-23-7-5-4-6-8-23)33-29(27)31-13-19-41-20-18-38/h4-12,37-38H,3,13-21,30H2,1-2H3,(H2,31,32,33). The maximum absolute atomic E-state index is 12.9. The molecule has 0 radical (unpaired) electrons. The molecule has 6 N–H and O–H groups in total. The van der Waals surface area contributed by atoms with Crippen molar-refractivity contribution in [2.75, 3.05) is 74.7 Å². The smallest absolute Gasteiger partial charge is 0.179 e. The van der Waals surface area contributed by atoms with Crippen molar-refractivity contribution in [1.29, 1.82) is 0 Å². The molecular formula is C29H41N7O5S. The number of nitrogens with two attached hydrogens (primary N) is 1. The summed E-state index contributed by atoms with van der Waals surface area (Å²) in [6.07, 6.45) is 0.876. The average Bonchev–Trinajstić information content (AvgIpc) is 2.99. The summed E-state index contributed by atoms with van der Waals surface area (Å²) in [6, 6.07) is 15.8. The Morgan fingerprint density at radius 2 is 1.69 bits per heavy atom. The fourth-order valence-corrected chi connectivity index (χ4v) is 5.39. The number of anilines is 4. The normalized spacial score (nSPS) is 11.8. The molecule has 3 aromatic rings. The first kappa shape index (κ1) is 32.9. The second kappa shape index (κ2) is 16.7. The van der Waals surface area contributed by atoms with Crippen LogP contribution >= 0.6 is 0 Å². The zero-order valence-electron chi connectivity index (χ0n) is 24.2. The number of azo groups is 1. The van der Waals surface area contributed by atoms with Crippen LogP contribution in [-0.4, -0.2) is 86.9 Å². The highest BCUT2D eigenvalue weighted by molar-refractivity contribution is 7.91. The molecule has 2 aromatic carbocycles. The molecule has 12 nitrogen and oxygen atoms in total. The summed E-state index contributed by atoms with van der Waals surface area (Å²) in [4.78, 5) is 6.80. The van der Waals surface area contributed by atoms with E-state index in [1.807, 2.05) is 49.1 Å². The van der Waals surface area contributed by atoms with Crippen LogP contribution in [-0.2, 0) is 14.6 Å². The van der Waals surface area contributed by atoms with Crippen LogP contribution in [0, 0.1) is 6.92 Å². The SMILES string of the molecule is CCCN(CCO)CCS(=O)(=O)c1ccc(N=Nc2c(NCCOCCO)nc(Nc3ccccc3)c(N)c2C)cc1. The molecule has 0 saturated carbocycles. The molecule has 0 aliphatic heterocycles. The number of nitrogens with zero attached hydrogens (tertiary/aromatic N) is 4. The third kappa shape index (κ3) is 9.74. The second-order valence-electron chi connectivity index (χ2n) is 9.53. The Morgan fingerprint density at radius 3 is 2.36 bits per heavy atom. The van der Waals surface area contributed by atoms with Gasteiger partial charge in [0.05, 0.1) is 48.5 Å². The number of pyridine rings is 1. The van der Waals surface area contributed by atoms with Crippen molar-refractivity contribution in [1.82, 2.24) is 9.88 Å². The highest BCUT2D eigenvalue weighted by Gasteiger charge is 2.18. The minimum absolute atomic E-state index is 0.0125. The number of benzene rings is 2. The fraction of sp³-hybridized carbons (Fsp3) is 0.414. The number of nitrogens with one attached hydrogen (secondary N) is 2. The number of sulfone groups is 1. The first-order valence-corrected chi connectivity index (χ1v) is 15.6. The van der Waals surface area contributed by atoms with Gasteiger partial charge in [-0.15, -0.1) is 5.11 Å². The number of ether oxygens (including phenoxy) is 1. The van der Waals surface area contributed by atoms with Crippen molar-refractivity contribution in [3.63, 3.8) is 0 Å². The lowest BCUT2D eigenvalue weighted by Gasteiger charge is -2.20. The molecular weight excluding hydrogens is 558 g/mol. The van der Waals surface area contributed by atoms with Gasteiger partial charge in [-0.1, -0.05) is 25.1 Å². The summed E-state index contributed by atoms with van der Waals surface area (Å²) in [5.74, 6) is 0.857. The number of aliphatic hydroxyl groups excluding tert-OH is 2. The molecule has 1 aromatic heterocycles. The van der Waals surface area contributed by atoms with E-state index in [2.05, 4.69) is 25.8 Å². The van der Waals surface area contributed by atoms with E-state index in [-0.39, 0.29) is 30.5 Å². The second-order valence-corrected chi connectivity index (χ2v) is 11.6. The summed E-state index contributed by atoms with van der Waals surface area (Å²) in [5.41, 5.74) is 9.22. The summed E-state index contributed by atoms with van der Waals surface area (Å²) in [6.45, 7) is 6.26. The number of hydrogen-bond acceptors (Lipinski definition) is 12. The lowest BCUT2D eigenvalue weighted by atomic mass is 10.2. The number of nitrogen functional groups attached to an aromatic ring is 1. The Morgan fingerprint density at radius 1 is 0.952 bits per heavy atom. The van der Waals surface area contributed by atoms with Gasteiger partial charge < -0.3 is 36.2 Å². The molecule has 0 unspecified atom stereocenters. The lowest BCUT2D eigenvalue weighted by molar-refractivity contribution is 0.0992. The third-order valence-electron chi connectivity index (χ3n) is 6.37. The predicted octanol–water partition coefficient (Wildman–Crippen LogP) is 4.03. The molecule has 0 atom stereocenters. The molecule has 13 heteroatoms. The van der Waals surface area contributed by atoms with E-state index in [0.717, 1.165) is 18.7 Å². The topological polar surface area (TPSA) is 175 Å². The average molecular weight is 600 g/mol. The van der Waals surface area contributed by atoms with E-state index in [1.54, 1.807) is 12.1 Å². The van der Waals surface area contributed by atoms with E-state index in [0.29, 0.717) is 60.5 Å². The molecule has 0 fully saturated rings. The summed E-state index contributed by atoms with van der Waals surface area (Å²) in [5, 5.41) is 33.4. The van der Waals surface area contributed by atoms with E-state index in [9.17, 15) is 13.5 Å². The molecule has 1 heterocycles. The van der Waals surface area contributed by atoms with Crippen LogP contribution in [0.15, 0.2) is 69.7 Å². The van der Waals surface area contributed by atoms with E-state index in [4.69, 9.17) is 15.6 Å². The van der Waals surface area contributed by atoms with E-state index in [1.165, 1.54) is 12.1 Å². The van der Waals surface area contributed by atoms with Crippen LogP contribution in [0.2, 0.25) is 0 Å². The zero-order chi connectivity index (χ0) is 30.4. The van der Waals surface area contributed by atoms with Gasteiger partial charge in [0, 0.05) is 30.9 Å². The Kier molecular flexibility index (Phi) is 13.1. The molecule has 0 bridgehead atoms. The molecule has 0 amide bonds. The van der Waals surface area contributed by atoms with Crippen LogP contribution in [0.4, 0.5) is 34.4 Å². The molecule has 0 spiro atoms. The van der Waals surface area contributed by atoms with Gasteiger partial charge in [-0.2, -0.15) is 5.11 Å². The first-order chi connectivity index (χ1) is 20.3. The fourth-order valence-electron chi connectivity index (χ4n) is 4.10. The van der Waals surface area contributed by atoms with Crippen LogP contribution in [0.1, 0.15) is 18.9 Å². The molecule has 42 heavy (non-hydrogen) atoms. The Bertz CT molecular complexity index is 1380. The van der Waals surface area contributed by atoms with Gasteiger partial charge in [-0.3, -0.25) is 0 Å². The largest absolute Gasteiger partial charge is 0.395 e. The van der Waals surface area contributed by atoms with Crippen molar-refractivity contribution >= 4 is 44.2 Å². The van der Waals surface area contributed by atoms with Crippen LogP contribution in [0.3, 0.4) is 0 Å². The Balaban J connectivity index is 1.81. The summed E-state index contributed by atoms with van der Waals surface area (Å²) < 4.78 is 31.1. The number of aromatic nitrogens is 1. The zero-order valence-corrected chi connectivity index (χ0v) is 25.0. The van der Waals surface area contributed by atoms with Gasteiger partial charge in [0.2, 0.25) is 0 Å². The molecule has 0 aliphatic carbocycles. The molecule has 0 aliphatic rings. The van der Waals surface area contributed by atoms with E-state index >= 15 is 0 Å². The number of para-hydroxylation sites is 1. The maximum Gasteiger partial charge on any atom is 0.179 e. The van der Waals surface area contributed by atoms with Crippen molar-refractivity contribution in [2.24, 2.45) is 10.2 Å². The predicted molar refractivity (Wildman–Crippen MR) is 166 cm³/mol. The third-order valence-corrected chi connectivity index (χ3v) is 8.08. The Hall–Kier alpha value is -3.62. The van der Waals surface area contributed by atoms with Gasteiger partial charge in [-0.25, -0.2) is 13.4 Å². The monoisotopic (exact) mass is 599 g/mol. The van der Waals surface area contributed by atoms with Gasteiger partial charge in [0.1, 0.15) is 5.69 Å². The van der Waals surface area contributed by atoms with Crippen molar-refractivity contribution in [2.45, 2.75) is 25.2 Å². The lowest BCUT2D eigenvalue weighted by Crippen LogP contribution is -2.32. The van der Waals surface area contributed by atoms with Gasteiger partial charge in [-0.05, 0) is 56.3 Å². The molecule has 3 rings (SSSR count). The van der Waals surface area contributed by atoms with Crippen molar-refractivity contribution < 1.29 is 23.4 Å². The van der Waals surface area contributed by atoms with Crippen molar-refractivity contribution in [3.8, 4) is 0 Å². The maximum atomic E-state index is 12.9.